The topological polar surface area (TPSA) is 67.5 Å². The predicted molar refractivity (Wildman–Crippen MR) is 74.3 cm³/mol. The van der Waals surface area contributed by atoms with Crippen LogP contribution in [-0.4, -0.2) is 58.8 Å². The molecule has 6 heteroatoms. The summed E-state index contributed by atoms with van der Waals surface area (Å²) in [4.78, 5) is 21.1. The van der Waals surface area contributed by atoms with Crippen molar-refractivity contribution < 1.29 is 14.3 Å². The van der Waals surface area contributed by atoms with E-state index in [1.165, 1.54) is 0 Å². The van der Waals surface area contributed by atoms with E-state index in [1.54, 1.807) is 12.4 Å². The third-order valence-electron chi connectivity index (χ3n) is 3.31. The predicted octanol–water partition coefficient (Wildman–Crippen LogP) is 0.995. The Hall–Kier alpha value is -1.40. The lowest BCUT2D eigenvalue weighted by Crippen LogP contribution is -2.51. The largest absolute Gasteiger partial charge is 0.372 e. The molecule has 2 heterocycles. The van der Waals surface area contributed by atoms with E-state index in [0.29, 0.717) is 26.1 Å². The van der Waals surface area contributed by atoms with Gasteiger partial charge in [-0.15, -0.1) is 0 Å². The second-order valence-corrected chi connectivity index (χ2v) is 5.79. The summed E-state index contributed by atoms with van der Waals surface area (Å²) in [7, 11) is 0. The lowest BCUT2D eigenvalue weighted by Gasteiger charge is -2.38. The van der Waals surface area contributed by atoms with Gasteiger partial charge in [0.05, 0.1) is 18.3 Å². The van der Waals surface area contributed by atoms with Crippen LogP contribution in [0.2, 0.25) is 0 Å². The average molecular weight is 281 g/mol. The van der Waals surface area contributed by atoms with Crippen LogP contribution < -0.4 is 0 Å². The molecule has 20 heavy (non-hydrogen) atoms. The van der Waals surface area contributed by atoms with Crippen molar-refractivity contribution in [2.45, 2.75) is 38.9 Å². The maximum atomic E-state index is 12.1. The fraction of sp³-hybridized carbons (Fsp3) is 0.714. The molecule has 1 N–H and O–H groups in total. The number of aromatic nitrogens is 2. The van der Waals surface area contributed by atoms with Gasteiger partial charge < -0.3 is 19.4 Å². The van der Waals surface area contributed by atoms with Gasteiger partial charge >= 0.3 is 0 Å². The van der Waals surface area contributed by atoms with Gasteiger partial charge in [0, 0.05) is 31.9 Å². The van der Waals surface area contributed by atoms with Crippen LogP contribution in [-0.2, 0) is 20.7 Å². The summed E-state index contributed by atoms with van der Waals surface area (Å²) >= 11 is 0. The number of aromatic amines is 1. The quantitative estimate of drug-likeness (QED) is 0.874. The van der Waals surface area contributed by atoms with Crippen molar-refractivity contribution >= 4 is 5.91 Å². The van der Waals surface area contributed by atoms with Crippen LogP contribution in [0.5, 0.6) is 0 Å². The van der Waals surface area contributed by atoms with Crippen LogP contribution in [0.3, 0.4) is 0 Å². The Morgan fingerprint density at radius 1 is 1.65 bits per heavy atom. The van der Waals surface area contributed by atoms with E-state index >= 15 is 0 Å². The highest BCUT2D eigenvalue weighted by molar-refractivity contribution is 5.77. The van der Waals surface area contributed by atoms with Gasteiger partial charge in [-0.1, -0.05) is 0 Å². The Labute approximate surface area is 119 Å². The van der Waals surface area contributed by atoms with E-state index in [1.807, 2.05) is 25.7 Å². The first-order chi connectivity index (χ1) is 9.46. The number of nitrogens with one attached hydrogen (secondary N) is 1. The smallest absolute Gasteiger partial charge is 0.248 e. The summed E-state index contributed by atoms with van der Waals surface area (Å²) in [6.07, 6.45) is 4.13. The molecule has 1 unspecified atom stereocenters. The number of morpholine rings is 1. The maximum Gasteiger partial charge on any atom is 0.248 e. The lowest BCUT2D eigenvalue weighted by molar-refractivity contribution is -0.151. The molecule has 0 aromatic carbocycles. The lowest BCUT2D eigenvalue weighted by atomic mass is 10.1. The van der Waals surface area contributed by atoms with Crippen molar-refractivity contribution in [3.63, 3.8) is 0 Å². The first-order valence-electron chi connectivity index (χ1n) is 6.98. The van der Waals surface area contributed by atoms with E-state index < -0.39 is 0 Å². The van der Waals surface area contributed by atoms with Crippen LogP contribution in [0.25, 0.3) is 0 Å². The number of hydrogen-bond acceptors (Lipinski definition) is 4. The van der Waals surface area contributed by atoms with Gasteiger partial charge in [-0.05, 0) is 20.8 Å². The van der Waals surface area contributed by atoms with Gasteiger partial charge in [0.25, 0.3) is 0 Å². The minimum absolute atomic E-state index is 0.0210. The number of ether oxygens (including phenoxy) is 2. The molecule has 0 aliphatic carbocycles. The van der Waals surface area contributed by atoms with E-state index in [4.69, 9.17) is 9.47 Å². The SMILES string of the molecule is CC(Cc1ncc[nH]1)OCC(=O)N1CCOC(C)(C)C1. The highest BCUT2D eigenvalue weighted by atomic mass is 16.5. The minimum atomic E-state index is -0.270. The number of carbonyl (C=O) groups excluding carboxylic acids is 1. The molecule has 0 radical (unpaired) electrons. The van der Waals surface area contributed by atoms with Gasteiger partial charge in [0.15, 0.2) is 0 Å². The summed E-state index contributed by atoms with van der Waals surface area (Å²) < 4.78 is 11.2. The van der Waals surface area contributed by atoms with Crippen molar-refractivity contribution in [3.8, 4) is 0 Å². The molecular formula is C14H23N3O3. The van der Waals surface area contributed by atoms with E-state index in [9.17, 15) is 4.79 Å². The molecule has 1 aromatic rings. The van der Waals surface area contributed by atoms with Crippen LogP contribution in [0.15, 0.2) is 12.4 Å². The van der Waals surface area contributed by atoms with Gasteiger partial charge in [-0.25, -0.2) is 4.98 Å². The van der Waals surface area contributed by atoms with Crippen molar-refractivity contribution in [1.29, 1.82) is 0 Å². The maximum absolute atomic E-state index is 12.1. The first-order valence-corrected chi connectivity index (χ1v) is 6.98. The van der Waals surface area contributed by atoms with E-state index in [0.717, 1.165) is 5.82 Å². The van der Waals surface area contributed by atoms with Gasteiger partial charge in [0.2, 0.25) is 5.91 Å². The molecular weight excluding hydrogens is 258 g/mol. The fourth-order valence-corrected chi connectivity index (χ4v) is 2.27. The first kappa shape index (κ1) is 15.0. The zero-order valence-electron chi connectivity index (χ0n) is 12.4. The van der Waals surface area contributed by atoms with E-state index in [-0.39, 0.29) is 24.2 Å². The third-order valence-corrected chi connectivity index (χ3v) is 3.31. The number of carbonyl (C=O) groups is 1. The molecule has 0 saturated carbocycles. The Morgan fingerprint density at radius 2 is 2.45 bits per heavy atom. The molecule has 1 aliphatic rings. The van der Waals surface area contributed by atoms with Crippen molar-refractivity contribution in [2.24, 2.45) is 0 Å². The molecule has 0 spiro atoms. The number of amides is 1. The standard InChI is InChI=1S/C14H23N3O3/c1-11(8-12-15-4-5-16-12)19-9-13(18)17-6-7-20-14(2,3)10-17/h4-5,11H,6-10H2,1-3H3,(H,15,16). The second-order valence-electron chi connectivity index (χ2n) is 5.79. The molecule has 2 rings (SSSR count). The molecule has 6 nitrogen and oxygen atoms in total. The summed E-state index contributed by atoms with van der Waals surface area (Å²) in [5, 5.41) is 0. The van der Waals surface area contributed by atoms with E-state index in [2.05, 4.69) is 9.97 Å². The number of rotatable bonds is 5. The summed E-state index contributed by atoms with van der Waals surface area (Å²) in [6.45, 7) is 7.87. The van der Waals surface area contributed by atoms with Crippen molar-refractivity contribution in [2.75, 3.05) is 26.3 Å². The average Bonchev–Trinajstić information content (AvgIpc) is 2.87. The number of nitrogens with zero attached hydrogens (tertiary/aromatic N) is 2. The fourth-order valence-electron chi connectivity index (χ4n) is 2.27. The normalized spacial score (nSPS) is 19.9. The van der Waals surface area contributed by atoms with Crippen LogP contribution in [0.4, 0.5) is 0 Å². The zero-order chi connectivity index (χ0) is 14.6. The summed E-state index contributed by atoms with van der Waals surface area (Å²) in [5.41, 5.74) is -0.270. The van der Waals surface area contributed by atoms with Crippen LogP contribution in [0, 0.1) is 0 Å². The highest BCUT2D eigenvalue weighted by Crippen LogP contribution is 2.16. The number of hydrogen-bond donors (Lipinski definition) is 1. The molecule has 112 valence electrons. The molecule has 1 fully saturated rings. The highest BCUT2D eigenvalue weighted by Gasteiger charge is 2.29. The third kappa shape index (κ3) is 4.31. The molecule has 1 atom stereocenters. The Morgan fingerprint density at radius 3 is 3.10 bits per heavy atom. The molecule has 1 aromatic heterocycles. The van der Waals surface area contributed by atoms with Gasteiger partial charge in [0.1, 0.15) is 12.4 Å². The molecule has 1 amide bonds. The van der Waals surface area contributed by atoms with Crippen molar-refractivity contribution in [1.82, 2.24) is 14.9 Å². The Kier molecular flexibility index (Phi) is 4.77. The number of H-pyrrole nitrogens is 1. The zero-order valence-corrected chi connectivity index (χ0v) is 12.4. The second kappa shape index (κ2) is 6.37. The number of imidazole rings is 1. The Bertz CT molecular complexity index is 431. The van der Waals surface area contributed by atoms with Gasteiger partial charge in [-0.3, -0.25) is 4.79 Å². The summed E-state index contributed by atoms with van der Waals surface area (Å²) in [6, 6.07) is 0. The summed E-state index contributed by atoms with van der Waals surface area (Å²) in [5.74, 6) is 0.894. The monoisotopic (exact) mass is 281 g/mol. The van der Waals surface area contributed by atoms with Crippen LogP contribution >= 0.6 is 0 Å². The minimum Gasteiger partial charge on any atom is -0.372 e. The molecule has 1 aliphatic heterocycles. The molecule has 0 bridgehead atoms. The van der Waals surface area contributed by atoms with Crippen LogP contribution in [0.1, 0.15) is 26.6 Å². The Balaban J connectivity index is 1.74. The van der Waals surface area contributed by atoms with Crippen molar-refractivity contribution in [3.05, 3.63) is 18.2 Å². The van der Waals surface area contributed by atoms with Gasteiger partial charge in [-0.2, -0.15) is 0 Å². The molecule has 1 saturated heterocycles.